The maximum Gasteiger partial charge on any atom is 0.236 e. The van der Waals surface area contributed by atoms with E-state index >= 15 is 0 Å². The normalized spacial score (nSPS) is 11.0. The van der Waals surface area contributed by atoms with E-state index in [2.05, 4.69) is 25.4 Å². The molecule has 4 rings (SSSR count). The molecule has 0 unspecified atom stereocenters. The van der Waals surface area contributed by atoms with Gasteiger partial charge in [0.25, 0.3) is 0 Å². The molecule has 0 aliphatic rings. The first-order valence-electron chi connectivity index (χ1n) is 9.26. The van der Waals surface area contributed by atoms with E-state index in [9.17, 15) is 9.59 Å². The van der Waals surface area contributed by atoms with Gasteiger partial charge in [0, 0.05) is 12.5 Å². The number of rotatable bonds is 9. The van der Waals surface area contributed by atoms with Gasteiger partial charge in [0.1, 0.15) is 18.0 Å². The first-order valence-corrected chi connectivity index (χ1v) is 11.1. The molecule has 1 amide bonds. The fourth-order valence-electron chi connectivity index (χ4n) is 2.84. The Bertz CT molecular complexity index is 1210. The average Bonchev–Trinajstić information content (AvgIpc) is 3.40. The summed E-state index contributed by atoms with van der Waals surface area (Å²) in [5.74, 6) is -0.124. The Morgan fingerprint density at radius 3 is 2.87 bits per heavy atom. The molecule has 0 saturated heterocycles. The van der Waals surface area contributed by atoms with Crippen molar-refractivity contribution in [1.82, 2.24) is 24.7 Å². The first kappa shape index (κ1) is 21.1. The van der Waals surface area contributed by atoms with Gasteiger partial charge >= 0.3 is 0 Å². The van der Waals surface area contributed by atoms with Crippen molar-refractivity contribution in [3.05, 3.63) is 53.9 Å². The molecule has 0 aliphatic heterocycles. The van der Waals surface area contributed by atoms with Crippen molar-refractivity contribution in [2.24, 2.45) is 0 Å². The van der Waals surface area contributed by atoms with Gasteiger partial charge in [-0.2, -0.15) is 5.10 Å². The van der Waals surface area contributed by atoms with Crippen LogP contribution in [0.2, 0.25) is 0 Å². The Morgan fingerprint density at radius 1 is 1.23 bits per heavy atom. The molecule has 11 heteroatoms. The molecule has 9 nitrogen and oxygen atoms in total. The van der Waals surface area contributed by atoms with Crippen molar-refractivity contribution in [3.63, 3.8) is 0 Å². The van der Waals surface area contributed by atoms with Crippen molar-refractivity contribution in [2.75, 3.05) is 24.8 Å². The highest BCUT2D eigenvalue weighted by Gasteiger charge is 2.14. The van der Waals surface area contributed by atoms with Crippen LogP contribution in [-0.2, 0) is 20.7 Å². The standard InChI is InChI=1S/C20H18N6O3S2/c1-29-9-15(27)7-13-10-31-20(24-13)25-17(28)11-30-19-16-8-23-26(18(16)21-12-22-19)14-5-3-2-4-6-14/h2-6,8,10,12H,7,9,11H2,1H3,(H,24,25,28). The quantitative estimate of drug-likeness (QED) is 0.304. The number of Topliss-reactive ketones (excluding diaryl/α,β-unsaturated/α-hetero) is 1. The lowest BCUT2D eigenvalue weighted by Crippen LogP contribution is -2.14. The summed E-state index contributed by atoms with van der Waals surface area (Å²) >= 11 is 2.58. The molecular formula is C20H18N6O3S2. The second-order valence-corrected chi connectivity index (χ2v) is 8.26. The fourth-order valence-corrected chi connectivity index (χ4v) is 4.33. The minimum absolute atomic E-state index is 0.0458. The number of amides is 1. The van der Waals surface area contributed by atoms with Gasteiger partial charge in [-0.15, -0.1) is 11.3 Å². The molecule has 1 N–H and O–H groups in total. The van der Waals surface area contributed by atoms with Crippen molar-refractivity contribution in [1.29, 1.82) is 0 Å². The Balaban J connectivity index is 1.39. The number of anilines is 1. The van der Waals surface area contributed by atoms with Gasteiger partial charge in [0.05, 0.1) is 35.1 Å². The van der Waals surface area contributed by atoms with Gasteiger partial charge < -0.3 is 10.1 Å². The highest BCUT2D eigenvalue weighted by atomic mass is 32.2. The second-order valence-electron chi connectivity index (χ2n) is 6.44. The van der Waals surface area contributed by atoms with E-state index in [0.29, 0.717) is 21.5 Å². The molecule has 4 aromatic rings. The van der Waals surface area contributed by atoms with Gasteiger partial charge in [0.2, 0.25) is 5.91 Å². The molecule has 0 fully saturated rings. The number of thiazole rings is 1. The summed E-state index contributed by atoms with van der Waals surface area (Å²) < 4.78 is 6.55. The number of hydrogen-bond acceptors (Lipinski definition) is 9. The molecular weight excluding hydrogens is 436 g/mol. The van der Waals surface area contributed by atoms with E-state index in [0.717, 1.165) is 11.1 Å². The van der Waals surface area contributed by atoms with Gasteiger partial charge in [-0.05, 0) is 12.1 Å². The lowest BCUT2D eigenvalue weighted by atomic mass is 10.2. The number of para-hydroxylation sites is 1. The minimum atomic E-state index is -0.212. The third kappa shape index (κ3) is 5.13. The predicted molar refractivity (Wildman–Crippen MR) is 119 cm³/mol. The first-order chi connectivity index (χ1) is 15.1. The number of carbonyl (C=O) groups is 2. The van der Waals surface area contributed by atoms with Crippen LogP contribution in [0.1, 0.15) is 5.69 Å². The second kappa shape index (κ2) is 9.77. The van der Waals surface area contributed by atoms with Gasteiger partial charge in [-0.1, -0.05) is 30.0 Å². The van der Waals surface area contributed by atoms with Crippen LogP contribution in [-0.4, -0.2) is 55.9 Å². The number of ketones is 1. The van der Waals surface area contributed by atoms with Crippen LogP contribution in [0.25, 0.3) is 16.7 Å². The number of nitrogens with zero attached hydrogens (tertiary/aromatic N) is 5. The summed E-state index contributed by atoms with van der Waals surface area (Å²) in [6, 6.07) is 9.69. The van der Waals surface area contributed by atoms with E-state index in [-0.39, 0.29) is 30.5 Å². The zero-order valence-electron chi connectivity index (χ0n) is 16.5. The smallest absolute Gasteiger partial charge is 0.236 e. The topological polar surface area (TPSA) is 112 Å². The molecule has 0 bridgehead atoms. The number of fused-ring (bicyclic) bond motifs is 1. The van der Waals surface area contributed by atoms with Crippen LogP contribution in [0.4, 0.5) is 5.13 Å². The highest BCUT2D eigenvalue weighted by Crippen LogP contribution is 2.26. The largest absolute Gasteiger partial charge is 0.377 e. The summed E-state index contributed by atoms with van der Waals surface area (Å²) in [6.45, 7) is 0.0458. The maximum absolute atomic E-state index is 12.4. The van der Waals surface area contributed by atoms with Gasteiger partial charge in [-0.3, -0.25) is 9.59 Å². The van der Waals surface area contributed by atoms with Crippen molar-refractivity contribution in [2.45, 2.75) is 11.4 Å². The molecule has 0 atom stereocenters. The number of ether oxygens (including phenoxy) is 1. The monoisotopic (exact) mass is 454 g/mol. The van der Waals surface area contributed by atoms with Crippen LogP contribution < -0.4 is 5.32 Å². The Kier molecular flexibility index (Phi) is 6.65. The summed E-state index contributed by atoms with van der Waals surface area (Å²) in [5, 5.41) is 10.8. The molecule has 3 aromatic heterocycles. The SMILES string of the molecule is COCC(=O)Cc1csc(NC(=O)CSc2ncnc3c2cnn3-c2ccccc2)n1. The van der Waals surface area contributed by atoms with Crippen molar-refractivity contribution < 1.29 is 14.3 Å². The summed E-state index contributed by atoms with van der Waals surface area (Å²) in [7, 11) is 1.47. The lowest BCUT2D eigenvalue weighted by Gasteiger charge is -2.04. The Labute approximate surface area is 185 Å². The molecule has 158 valence electrons. The van der Waals surface area contributed by atoms with Crippen molar-refractivity contribution in [3.8, 4) is 5.69 Å². The molecule has 0 aliphatic carbocycles. The molecule has 3 heterocycles. The number of thioether (sulfide) groups is 1. The molecule has 0 spiro atoms. The van der Waals surface area contributed by atoms with Crippen LogP contribution in [0, 0.1) is 0 Å². The maximum atomic E-state index is 12.4. The number of aromatic nitrogens is 5. The summed E-state index contributed by atoms with van der Waals surface area (Å²) in [5.41, 5.74) is 2.18. The molecule has 0 radical (unpaired) electrons. The summed E-state index contributed by atoms with van der Waals surface area (Å²) in [4.78, 5) is 36.9. The average molecular weight is 455 g/mol. The van der Waals surface area contributed by atoms with Crippen LogP contribution in [0.15, 0.2) is 53.3 Å². The van der Waals surface area contributed by atoms with E-state index < -0.39 is 0 Å². The van der Waals surface area contributed by atoms with E-state index in [1.165, 1.54) is 36.5 Å². The van der Waals surface area contributed by atoms with Crippen LogP contribution in [0.5, 0.6) is 0 Å². The number of methoxy groups -OCH3 is 1. The third-order valence-electron chi connectivity index (χ3n) is 4.15. The zero-order chi connectivity index (χ0) is 21.6. The number of benzene rings is 1. The van der Waals surface area contributed by atoms with Crippen LogP contribution >= 0.6 is 23.1 Å². The predicted octanol–water partition coefficient (Wildman–Crippen LogP) is 2.76. The fraction of sp³-hybridized carbons (Fsp3) is 0.200. The molecule has 0 saturated carbocycles. The van der Waals surface area contributed by atoms with Crippen molar-refractivity contribution >= 4 is 51.0 Å². The Morgan fingerprint density at radius 2 is 2.06 bits per heavy atom. The van der Waals surface area contributed by atoms with E-state index in [1.807, 2.05) is 30.3 Å². The number of hydrogen-bond donors (Lipinski definition) is 1. The van der Waals surface area contributed by atoms with Crippen LogP contribution in [0.3, 0.4) is 0 Å². The zero-order valence-corrected chi connectivity index (χ0v) is 18.2. The third-order valence-corrected chi connectivity index (χ3v) is 5.96. The highest BCUT2D eigenvalue weighted by molar-refractivity contribution is 8.00. The lowest BCUT2D eigenvalue weighted by molar-refractivity contribution is -0.122. The Hall–Kier alpha value is -3.15. The molecule has 1 aromatic carbocycles. The van der Waals surface area contributed by atoms with Gasteiger partial charge in [0.15, 0.2) is 16.6 Å². The van der Waals surface area contributed by atoms with Gasteiger partial charge in [-0.25, -0.2) is 19.6 Å². The number of carbonyl (C=O) groups excluding carboxylic acids is 2. The van der Waals surface area contributed by atoms with E-state index in [1.54, 1.807) is 16.3 Å². The summed E-state index contributed by atoms with van der Waals surface area (Å²) in [6.07, 6.45) is 3.35. The minimum Gasteiger partial charge on any atom is -0.377 e. The van der Waals surface area contributed by atoms with E-state index in [4.69, 9.17) is 4.74 Å². The number of nitrogens with one attached hydrogen (secondary N) is 1. The molecule has 31 heavy (non-hydrogen) atoms.